The summed E-state index contributed by atoms with van der Waals surface area (Å²) in [5.41, 5.74) is 6.76. The minimum atomic E-state index is -3.27. The number of thiazole rings is 1. The van der Waals surface area contributed by atoms with Gasteiger partial charge in [-0.05, 0) is 38.4 Å². The molecular formula is C22H31N7O4S2. The van der Waals surface area contributed by atoms with Gasteiger partial charge in [0.05, 0.1) is 17.6 Å². The molecule has 0 radical (unpaired) electrons. The molecular weight excluding hydrogens is 490 g/mol. The number of nitrogens with zero attached hydrogens (tertiary/aromatic N) is 3. The Morgan fingerprint density at radius 3 is 2.54 bits per heavy atom. The number of sulfonamides is 1. The molecule has 2 aliphatic heterocycles. The summed E-state index contributed by atoms with van der Waals surface area (Å²) in [7, 11) is -1.52. The number of hydrogen-bond acceptors (Lipinski definition) is 9. The Morgan fingerprint density at radius 2 is 1.89 bits per heavy atom. The molecule has 0 spiro atoms. The molecule has 4 rings (SSSR count). The standard InChI is InChI=1S/C22H31N7O4S2/c1-24-22(20(23)31)8-11-28(12-9-22)18-6-4-3-5-16(18)25-19(30)17-14-34-21(26-17)29-10-7-15(13-29)27-35(2,32)33/h3-6,14-15,24,27H,7-13H2,1-2H3,(H2,23,31)(H,25,30)/t15-/m0/s1. The minimum Gasteiger partial charge on any atom is -0.370 e. The quantitative estimate of drug-likeness (QED) is 0.394. The van der Waals surface area contributed by atoms with Crippen LogP contribution in [0.25, 0.3) is 0 Å². The van der Waals surface area contributed by atoms with Crippen LogP contribution in [-0.4, -0.2) is 76.3 Å². The number of primary amides is 1. The van der Waals surface area contributed by atoms with Crippen molar-refractivity contribution in [1.82, 2.24) is 15.0 Å². The summed E-state index contributed by atoms with van der Waals surface area (Å²) in [6.45, 7) is 2.42. The Kier molecular flexibility index (Phi) is 7.31. The molecule has 13 heteroatoms. The molecule has 0 bridgehead atoms. The number of nitrogens with two attached hydrogens (primary N) is 1. The molecule has 2 amide bonds. The number of piperidine rings is 1. The molecule has 35 heavy (non-hydrogen) atoms. The fourth-order valence-corrected chi connectivity index (χ4v) is 6.28. The molecule has 2 fully saturated rings. The fraction of sp³-hybridized carbons (Fsp3) is 0.500. The maximum atomic E-state index is 13.0. The Morgan fingerprint density at radius 1 is 1.17 bits per heavy atom. The number of carbonyl (C=O) groups excluding carboxylic acids is 2. The first-order valence-electron chi connectivity index (χ1n) is 11.4. The number of anilines is 3. The SMILES string of the molecule is CNC1(C(N)=O)CCN(c2ccccc2NC(=O)c2csc(N3CC[C@H](NS(C)(=O)=O)C3)n2)CC1. The van der Waals surface area contributed by atoms with E-state index in [1.165, 1.54) is 11.3 Å². The number of likely N-dealkylation sites (N-methyl/N-ethyl adjacent to an activating group) is 1. The van der Waals surface area contributed by atoms with Gasteiger partial charge in [-0.2, -0.15) is 0 Å². The normalized spacial score (nSPS) is 20.1. The molecule has 190 valence electrons. The van der Waals surface area contributed by atoms with E-state index in [-0.39, 0.29) is 17.9 Å². The Labute approximate surface area is 209 Å². The second-order valence-electron chi connectivity index (χ2n) is 8.99. The first kappa shape index (κ1) is 25.4. The average Bonchev–Trinajstić information content (AvgIpc) is 3.48. The molecule has 1 aromatic carbocycles. The van der Waals surface area contributed by atoms with Crippen molar-refractivity contribution < 1.29 is 18.0 Å². The number of carbonyl (C=O) groups is 2. The maximum Gasteiger partial charge on any atom is 0.275 e. The number of aromatic nitrogens is 1. The largest absolute Gasteiger partial charge is 0.370 e. The van der Waals surface area contributed by atoms with Crippen LogP contribution in [0.15, 0.2) is 29.6 Å². The van der Waals surface area contributed by atoms with Gasteiger partial charge in [-0.15, -0.1) is 11.3 Å². The molecule has 11 nitrogen and oxygen atoms in total. The lowest BCUT2D eigenvalue weighted by molar-refractivity contribution is -0.125. The molecule has 0 saturated carbocycles. The highest BCUT2D eigenvalue weighted by atomic mass is 32.2. The molecule has 1 aromatic heterocycles. The van der Waals surface area contributed by atoms with Gasteiger partial charge in [-0.3, -0.25) is 9.59 Å². The summed E-state index contributed by atoms with van der Waals surface area (Å²) < 4.78 is 25.6. The first-order chi connectivity index (χ1) is 16.6. The van der Waals surface area contributed by atoms with E-state index in [2.05, 4.69) is 25.2 Å². The van der Waals surface area contributed by atoms with Gasteiger partial charge in [-0.1, -0.05) is 12.1 Å². The van der Waals surface area contributed by atoms with Gasteiger partial charge in [0.1, 0.15) is 11.2 Å². The molecule has 0 aliphatic carbocycles. The van der Waals surface area contributed by atoms with E-state index >= 15 is 0 Å². The highest BCUT2D eigenvalue weighted by Crippen LogP contribution is 2.32. The van der Waals surface area contributed by atoms with Gasteiger partial charge in [0.15, 0.2) is 5.13 Å². The first-order valence-corrected chi connectivity index (χ1v) is 14.2. The second-order valence-corrected chi connectivity index (χ2v) is 11.6. The summed E-state index contributed by atoms with van der Waals surface area (Å²) >= 11 is 1.36. The Balaban J connectivity index is 1.41. The van der Waals surface area contributed by atoms with Crippen molar-refractivity contribution in [3.63, 3.8) is 0 Å². The Hall–Kier alpha value is -2.74. The maximum absolute atomic E-state index is 13.0. The van der Waals surface area contributed by atoms with Crippen molar-refractivity contribution in [3.05, 3.63) is 35.3 Å². The van der Waals surface area contributed by atoms with Crippen molar-refractivity contribution >= 4 is 49.7 Å². The molecule has 2 saturated heterocycles. The van der Waals surface area contributed by atoms with Crippen LogP contribution in [0.3, 0.4) is 0 Å². The lowest BCUT2D eigenvalue weighted by Gasteiger charge is -2.41. The monoisotopic (exact) mass is 521 g/mol. The van der Waals surface area contributed by atoms with E-state index in [0.29, 0.717) is 62.0 Å². The van der Waals surface area contributed by atoms with Crippen LogP contribution in [0.5, 0.6) is 0 Å². The molecule has 3 heterocycles. The molecule has 5 N–H and O–H groups in total. The zero-order chi connectivity index (χ0) is 25.2. The van der Waals surface area contributed by atoms with E-state index in [1.54, 1.807) is 12.4 Å². The summed E-state index contributed by atoms with van der Waals surface area (Å²) in [4.78, 5) is 33.6. The van der Waals surface area contributed by atoms with Crippen LogP contribution in [-0.2, 0) is 14.8 Å². The molecule has 2 aliphatic rings. The van der Waals surface area contributed by atoms with Gasteiger partial charge in [0.25, 0.3) is 5.91 Å². The third-order valence-electron chi connectivity index (χ3n) is 6.62. The van der Waals surface area contributed by atoms with Crippen LogP contribution < -0.4 is 30.9 Å². The van der Waals surface area contributed by atoms with Crippen LogP contribution in [0.4, 0.5) is 16.5 Å². The lowest BCUT2D eigenvalue weighted by Crippen LogP contribution is -2.59. The van der Waals surface area contributed by atoms with Crippen molar-refractivity contribution in [3.8, 4) is 0 Å². The number of para-hydroxylation sites is 2. The van der Waals surface area contributed by atoms with Crippen molar-refractivity contribution in [2.75, 3.05) is 54.6 Å². The fourth-order valence-electron chi connectivity index (χ4n) is 4.64. The van der Waals surface area contributed by atoms with E-state index in [4.69, 9.17) is 5.73 Å². The van der Waals surface area contributed by atoms with Crippen molar-refractivity contribution in [2.24, 2.45) is 5.73 Å². The summed E-state index contributed by atoms with van der Waals surface area (Å²) in [5, 5.41) is 8.45. The van der Waals surface area contributed by atoms with Crippen LogP contribution >= 0.6 is 11.3 Å². The van der Waals surface area contributed by atoms with E-state index in [9.17, 15) is 18.0 Å². The smallest absolute Gasteiger partial charge is 0.275 e. The predicted octanol–water partition coefficient (Wildman–Crippen LogP) is 0.567. The summed E-state index contributed by atoms with van der Waals surface area (Å²) in [5.74, 6) is -0.666. The third-order valence-corrected chi connectivity index (χ3v) is 8.29. The van der Waals surface area contributed by atoms with Crippen molar-refractivity contribution in [1.29, 1.82) is 0 Å². The topological polar surface area (TPSA) is 150 Å². The predicted molar refractivity (Wildman–Crippen MR) is 138 cm³/mol. The highest BCUT2D eigenvalue weighted by molar-refractivity contribution is 7.88. The molecule has 2 aromatic rings. The van der Waals surface area contributed by atoms with Crippen LogP contribution in [0.2, 0.25) is 0 Å². The lowest BCUT2D eigenvalue weighted by atomic mass is 9.86. The van der Waals surface area contributed by atoms with Gasteiger partial charge >= 0.3 is 0 Å². The van der Waals surface area contributed by atoms with E-state index in [0.717, 1.165) is 11.9 Å². The number of rotatable bonds is 8. The summed E-state index contributed by atoms with van der Waals surface area (Å²) in [6, 6.07) is 7.39. The van der Waals surface area contributed by atoms with E-state index in [1.807, 2.05) is 29.2 Å². The number of amides is 2. The van der Waals surface area contributed by atoms with Crippen LogP contribution in [0, 0.1) is 0 Å². The minimum absolute atomic E-state index is 0.168. The van der Waals surface area contributed by atoms with E-state index < -0.39 is 15.6 Å². The molecule has 1 atom stereocenters. The van der Waals surface area contributed by atoms with Crippen LogP contribution in [0.1, 0.15) is 29.8 Å². The number of benzene rings is 1. The Bertz CT molecular complexity index is 1190. The molecule has 0 unspecified atom stereocenters. The zero-order valence-electron chi connectivity index (χ0n) is 19.8. The van der Waals surface area contributed by atoms with Crippen molar-refractivity contribution in [2.45, 2.75) is 30.8 Å². The zero-order valence-corrected chi connectivity index (χ0v) is 21.4. The second kappa shape index (κ2) is 10.1. The number of nitrogens with one attached hydrogen (secondary N) is 3. The van der Waals surface area contributed by atoms with Gasteiger partial charge < -0.3 is 26.2 Å². The highest BCUT2D eigenvalue weighted by Gasteiger charge is 2.38. The third kappa shape index (κ3) is 5.74. The van der Waals surface area contributed by atoms with Gasteiger partial charge in [-0.25, -0.2) is 18.1 Å². The number of hydrogen-bond donors (Lipinski definition) is 4. The van der Waals surface area contributed by atoms with Gasteiger partial charge in [0.2, 0.25) is 15.9 Å². The summed E-state index contributed by atoms with van der Waals surface area (Å²) in [6.07, 6.45) is 2.98. The average molecular weight is 522 g/mol. The van der Waals surface area contributed by atoms with Gasteiger partial charge in [0, 0.05) is 37.6 Å².